The van der Waals surface area contributed by atoms with Crippen LogP contribution < -0.4 is 15.4 Å². The number of guanidine groups is 1. The number of ether oxygens (including phenoxy) is 1. The zero-order valence-corrected chi connectivity index (χ0v) is 18.0. The van der Waals surface area contributed by atoms with Crippen LogP contribution in [0.4, 0.5) is 0 Å². The first-order valence-electron chi connectivity index (χ1n) is 7.89. The molecule has 9 heteroatoms. The summed E-state index contributed by atoms with van der Waals surface area (Å²) in [7, 11) is -1.45. The van der Waals surface area contributed by atoms with Crippen molar-refractivity contribution in [2.75, 3.05) is 39.0 Å². The zero-order valence-electron chi connectivity index (χ0n) is 14.9. The average Bonchev–Trinajstić information content (AvgIpc) is 2.48. The maximum atomic E-state index is 11.3. The third kappa shape index (κ3) is 12.9. The average molecular weight is 464 g/mol. The van der Waals surface area contributed by atoms with Crippen LogP contribution in [0, 0.1) is 5.92 Å². The second-order valence-electron chi connectivity index (χ2n) is 5.25. The Morgan fingerprint density at radius 2 is 1.74 bits per heavy atom. The molecule has 7 nitrogen and oxygen atoms in total. The van der Waals surface area contributed by atoms with Gasteiger partial charge in [-0.25, -0.2) is 13.1 Å². The lowest BCUT2D eigenvalue weighted by atomic mass is 10.0. The predicted molar refractivity (Wildman–Crippen MR) is 107 cm³/mol. The predicted octanol–water partition coefficient (Wildman–Crippen LogP) is 1.16. The maximum Gasteiger partial charge on any atom is 0.211 e. The molecule has 140 valence electrons. The van der Waals surface area contributed by atoms with Crippen LogP contribution in [0.3, 0.4) is 0 Å². The van der Waals surface area contributed by atoms with Crippen LogP contribution in [0.2, 0.25) is 0 Å². The summed E-state index contributed by atoms with van der Waals surface area (Å²) in [5, 5.41) is 6.28. The van der Waals surface area contributed by atoms with Crippen LogP contribution in [-0.4, -0.2) is 59.5 Å². The van der Waals surface area contributed by atoms with Crippen molar-refractivity contribution in [2.24, 2.45) is 10.9 Å². The van der Waals surface area contributed by atoms with Crippen LogP contribution >= 0.6 is 24.0 Å². The molecule has 0 aliphatic heterocycles. The van der Waals surface area contributed by atoms with E-state index in [0.29, 0.717) is 31.6 Å². The van der Waals surface area contributed by atoms with Crippen LogP contribution in [0.15, 0.2) is 4.99 Å². The molecule has 0 aromatic rings. The lowest BCUT2D eigenvalue weighted by Gasteiger charge is -2.21. The van der Waals surface area contributed by atoms with Crippen LogP contribution in [0.5, 0.6) is 0 Å². The molecule has 1 unspecified atom stereocenters. The fraction of sp³-hybridized carbons (Fsp3) is 0.929. The largest absolute Gasteiger partial charge is 0.378 e. The Morgan fingerprint density at radius 1 is 1.13 bits per heavy atom. The standard InChI is InChI=1S/C14H32N4O3S.HI/c1-6-21-13(12(3)4)8-9-16-14(15-5)17-10-11-18-22(19,20)7-2;/h12-13,18H,6-11H2,1-5H3,(H2,15,16,17);1H. The van der Waals surface area contributed by atoms with Crippen LogP contribution in [-0.2, 0) is 14.8 Å². The number of sulfonamides is 1. The summed E-state index contributed by atoms with van der Waals surface area (Å²) in [6.45, 7) is 10.2. The van der Waals surface area contributed by atoms with Crippen molar-refractivity contribution in [3.8, 4) is 0 Å². The van der Waals surface area contributed by atoms with E-state index in [-0.39, 0.29) is 35.8 Å². The van der Waals surface area contributed by atoms with Crippen molar-refractivity contribution in [1.82, 2.24) is 15.4 Å². The second-order valence-corrected chi connectivity index (χ2v) is 7.35. The summed E-state index contributed by atoms with van der Waals surface area (Å²) in [5.74, 6) is 1.23. The maximum absolute atomic E-state index is 11.3. The van der Waals surface area contributed by atoms with Gasteiger partial charge in [-0.15, -0.1) is 24.0 Å². The van der Waals surface area contributed by atoms with Gasteiger partial charge in [-0.2, -0.15) is 0 Å². The Bertz CT molecular complexity index is 416. The van der Waals surface area contributed by atoms with Gasteiger partial charge < -0.3 is 15.4 Å². The number of nitrogens with one attached hydrogen (secondary N) is 3. The minimum Gasteiger partial charge on any atom is -0.378 e. The molecule has 0 bridgehead atoms. The molecule has 0 amide bonds. The Kier molecular flexibility index (Phi) is 15.5. The van der Waals surface area contributed by atoms with Gasteiger partial charge >= 0.3 is 0 Å². The number of halogens is 1. The van der Waals surface area contributed by atoms with Crippen molar-refractivity contribution in [3.05, 3.63) is 0 Å². The summed E-state index contributed by atoms with van der Waals surface area (Å²) >= 11 is 0. The van der Waals surface area contributed by atoms with E-state index >= 15 is 0 Å². The molecule has 0 spiro atoms. The molecule has 0 saturated heterocycles. The Labute approximate surface area is 158 Å². The molecular formula is C14H33IN4O3S. The Morgan fingerprint density at radius 3 is 2.22 bits per heavy atom. The molecule has 0 aromatic carbocycles. The van der Waals surface area contributed by atoms with Gasteiger partial charge in [-0.1, -0.05) is 13.8 Å². The van der Waals surface area contributed by atoms with Crippen molar-refractivity contribution in [3.63, 3.8) is 0 Å². The third-order valence-electron chi connectivity index (χ3n) is 3.19. The van der Waals surface area contributed by atoms with E-state index in [1.165, 1.54) is 0 Å². The first kappa shape index (κ1) is 25.1. The van der Waals surface area contributed by atoms with Gasteiger partial charge in [0.25, 0.3) is 0 Å². The molecule has 1 atom stereocenters. The first-order valence-corrected chi connectivity index (χ1v) is 9.54. The van der Waals surface area contributed by atoms with E-state index in [4.69, 9.17) is 4.74 Å². The Hall–Kier alpha value is -0.130. The highest BCUT2D eigenvalue weighted by molar-refractivity contribution is 14.0. The van der Waals surface area contributed by atoms with E-state index in [9.17, 15) is 8.42 Å². The van der Waals surface area contributed by atoms with Gasteiger partial charge in [0.1, 0.15) is 0 Å². The summed E-state index contributed by atoms with van der Waals surface area (Å²) in [4.78, 5) is 4.11. The zero-order chi connectivity index (χ0) is 17.0. The topological polar surface area (TPSA) is 91.8 Å². The van der Waals surface area contributed by atoms with Gasteiger partial charge in [0.15, 0.2) is 5.96 Å². The monoisotopic (exact) mass is 464 g/mol. The summed E-state index contributed by atoms with van der Waals surface area (Å²) in [5.41, 5.74) is 0. The lowest BCUT2D eigenvalue weighted by Crippen LogP contribution is -2.42. The summed E-state index contributed by atoms with van der Waals surface area (Å²) in [6.07, 6.45) is 1.13. The molecule has 0 fully saturated rings. The van der Waals surface area contributed by atoms with Gasteiger partial charge in [-0.05, 0) is 26.2 Å². The smallest absolute Gasteiger partial charge is 0.211 e. The van der Waals surface area contributed by atoms with Crippen LogP contribution in [0.25, 0.3) is 0 Å². The molecule has 0 aromatic heterocycles. The van der Waals surface area contributed by atoms with E-state index in [1.807, 2.05) is 6.92 Å². The molecule has 0 heterocycles. The van der Waals surface area contributed by atoms with E-state index in [2.05, 4.69) is 34.2 Å². The molecule has 23 heavy (non-hydrogen) atoms. The highest BCUT2D eigenvalue weighted by Crippen LogP contribution is 2.09. The molecule has 0 saturated carbocycles. The van der Waals surface area contributed by atoms with Crippen molar-refractivity contribution in [1.29, 1.82) is 0 Å². The summed E-state index contributed by atoms with van der Waals surface area (Å²) < 4.78 is 30.8. The second kappa shape index (κ2) is 14.2. The van der Waals surface area contributed by atoms with Gasteiger partial charge in [0.05, 0.1) is 11.9 Å². The van der Waals surface area contributed by atoms with Gasteiger partial charge in [0.2, 0.25) is 10.0 Å². The van der Waals surface area contributed by atoms with Crippen LogP contribution in [0.1, 0.15) is 34.1 Å². The van der Waals surface area contributed by atoms with Gasteiger partial charge in [-0.3, -0.25) is 4.99 Å². The molecule has 0 radical (unpaired) electrons. The van der Waals surface area contributed by atoms with Gasteiger partial charge in [0, 0.05) is 33.3 Å². The molecule has 0 aliphatic rings. The molecule has 0 rings (SSSR count). The number of hydrogen-bond donors (Lipinski definition) is 3. The third-order valence-corrected chi connectivity index (χ3v) is 4.59. The molecular weight excluding hydrogens is 431 g/mol. The van der Waals surface area contributed by atoms with E-state index < -0.39 is 10.0 Å². The normalized spacial score (nSPS) is 13.6. The first-order chi connectivity index (χ1) is 10.4. The fourth-order valence-corrected chi connectivity index (χ4v) is 2.48. The summed E-state index contributed by atoms with van der Waals surface area (Å²) in [6, 6.07) is 0. The lowest BCUT2D eigenvalue weighted by molar-refractivity contribution is 0.0258. The number of nitrogens with zero attached hydrogens (tertiary/aromatic N) is 1. The number of rotatable bonds is 11. The SMILES string of the molecule is CCOC(CCNC(=NC)NCCNS(=O)(=O)CC)C(C)C.I. The van der Waals surface area contributed by atoms with E-state index in [1.54, 1.807) is 14.0 Å². The fourth-order valence-electron chi connectivity index (χ4n) is 1.87. The minimum atomic E-state index is -3.14. The van der Waals surface area contributed by atoms with Crippen molar-refractivity contribution < 1.29 is 13.2 Å². The number of hydrogen-bond acceptors (Lipinski definition) is 4. The van der Waals surface area contributed by atoms with Crippen molar-refractivity contribution >= 4 is 40.0 Å². The highest BCUT2D eigenvalue weighted by Gasteiger charge is 2.13. The highest BCUT2D eigenvalue weighted by atomic mass is 127. The minimum absolute atomic E-state index is 0. The molecule has 0 aliphatic carbocycles. The Balaban J connectivity index is 0. The van der Waals surface area contributed by atoms with E-state index in [0.717, 1.165) is 13.0 Å². The molecule has 3 N–H and O–H groups in total. The quantitative estimate of drug-likeness (QED) is 0.185. The number of aliphatic imine (C=N–C) groups is 1. The van der Waals surface area contributed by atoms with Crippen molar-refractivity contribution in [2.45, 2.75) is 40.2 Å².